The number of piperidine rings is 1. The molecule has 8 heteroatoms. The molecule has 0 aromatic heterocycles. The number of carbonyl (C=O) groups excluding carboxylic acids is 1. The second kappa shape index (κ2) is 9.08. The van der Waals surface area contributed by atoms with Gasteiger partial charge in [0.2, 0.25) is 10.0 Å². The van der Waals surface area contributed by atoms with Crippen molar-refractivity contribution < 1.29 is 17.9 Å². The summed E-state index contributed by atoms with van der Waals surface area (Å²) in [5.41, 5.74) is 8.51. The van der Waals surface area contributed by atoms with Gasteiger partial charge in [-0.15, -0.1) is 0 Å². The fourth-order valence-corrected chi connectivity index (χ4v) is 5.97. The highest BCUT2D eigenvalue weighted by Crippen LogP contribution is 2.33. The molecule has 2 fully saturated rings. The highest BCUT2D eigenvalue weighted by atomic mass is 32.2. The fraction of sp³-hybridized carbons (Fsp3) is 0.435. The van der Waals surface area contributed by atoms with Crippen LogP contribution in [0.5, 0.6) is 5.75 Å². The second-order valence-electron chi connectivity index (χ2n) is 8.28. The molecule has 0 amide bonds. The van der Waals surface area contributed by atoms with Crippen molar-refractivity contribution in [3.63, 3.8) is 0 Å². The van der Waals surface area contributed by atoms with Crippen LogP contribution in [0.15, 0.2) is 53.4 Å². The number of hydrazine groups is 1. The highest BCUT2D eigenvalue weighted by Gasteiger charge is 2.36. The van der Waals surface area contributed by atoms with E-state index in [2.05, 4.69) is 16.9 Å². The molecule has 7 nitrogen and oxygen atoms in total. The zero-order valence-corrected chi connectivity index (χ0v) is 18.7. The Labute approximate surface area is 183 Å². The molecular weight excluding hydrogens is 414 g/mol. The maximum atomic E-state index is 13.0. The quantitative estimate of drug-likeness (QED) is 0.668. The largest absolute Gasteiger partial charge is 0.497 e. The molecule has 2 heterocycles. The lowest BCUT2D eigenvalue weighted by Crippen LogP contribution is -2.44. The lowest BCUT2D eigenvalue weighted by atomic mass is 9.87. The Hall–Kier alpha value is -2.26. The number of hydrogen-bond donors (Lipinski definition) is 2. The zero-order chi connectivity index (χ0) is 22.0. The van der Waals surface area contributed by atoms with Crippen molar-refractivity contribution in [2.75, 3.05) is 20.2 Å². The molecule has 31 heavy (non-hydrogen) atoms. The van der Waals surface area contributed by atoms with Crippen LogP contribution in [0.2, 0.25) is 0 Å². The molecular formula is C23H29N3O4S. The van der Waals surface area contributed by atoms with Gasteiger partial charge < -0.3 is 4.74 Å². The SMILES string of the molecule is COc1cccc(C2CC(C3CCN(S(=O)(=O)c4ccc(C(C)=O)cc4)CC3)NN2)c1. The lowest BCUT2D eigenvalue weighted by Gasteiger charge is -2.34. The van der Waals surface area contributed by atoms with Gasteiger partial charge in [0, 0.05) is 30.7 Å². The summed E-state index contributed by atoms with van der Waals surface area (Å²) in [6.45, 7) is 2.48. The molecule has 2 unspecified atom stereocenters. The van der Waals surface area contributed by atoms with Crippen LogP contribution in [0.25, 0.3) is 0 Å². The fourth-order valence-electron chi connectivity index (χ4n) is 4.50. The monoisotopic (exact) mass is 443 g/mol. The average molecular weight is 444 g/mol. The van der Waals surface area contributed by atoms with E-state index in [0.29, 0.717) is 30.6 Å². The summed E-state index contributed by atoms with van der Waals surface area (Å²) < 4.78 is 32.9. The third-order valence-electron chi connectivity index (χ3n) is 6.39. The van der Waals surface area contributed by atoms with Crippen LogP contribution >= 0.6 is 0 Å². The van der Waals surface area contributed by atoms with E-state index in [4.69, 9.17) is 4.74 Å². The van der Waals surface area contributed by atoms with E-state index in [1.165, 1.54) is 24.6 Å². The highest BCUT2D eigenvalue weighted by molar-refractivity contribution is 7.89. The minimum atomic E-state index is -3.54. The van der Waals surface area contributed by atoms with Crippen molar-refractivity contribution in [1.29, 1.82) is 0 Å². The van der Waals surface area contributed by atoms with Gasteiger partial charge in [0.1, 0.15) is 5.75 Å². The molecule has 2 aromatic rings. The van der Waals surface area contributed by atoms with Crippen molar-refractivity contribution in [2.24, 2.45) is 5.92 Å². The van der Waals surface area contributed by atoms with Crippen LogP contribution in [-0.4, -0.2) is 44.7 Å². The first-order valence-electron chi connectivity index (χ1n) is 10.6. The minimum absolute atomic E-state index is 0.0744. The van der Waals surface area contributed by atoms with Gasteiger partial charge in [-0.25, -0.2) is 8.42 Å². The number of carbonyl (C=O) groups is 1. The Kier molecular flexibility index (Phi) is 6.43. The number of ether oxygens (including phenoxy) is 1. The van der Waals surface area contributed by atoms with Crippen molar-refractivity contribution in [2.45, 2.75) is 43.2 Å². The normalized spacial score (nSPS) is 23.0. The molecule has 2 saturated heterocycles. The van der Waals surface area contributed by atoms with E-state index in [9.17, 15) is 13.2 Å². The maximum Gasteiger partial charge on any atom is 0.243 e. The standard InChI is InChI=1S/C23H29N3O4S/c1-16(27)17-6-8-21(9-7-17)31(28,29)26-12-10-18(11-13-26)22-15-23(25-24-22)19-4-3-5-20(14-19)30-2/h3-9,14,18,22-25H,10-13,15H2,1-2H3. The van der Waals surface area contributed by atoms with Gasteiger partial charge in [0.15, 0.2) is 5.78 Å². The topological polar surface area (TPSA) is 87.7 Å². The molecule has 2 aliphatic rings. The van der Waals surface area contributed by atoms with Crippen LogP contribution in [0.4, 0.5) is 0 Å². The van der Waals surface area contributed by atoms with E-state index in [-0.39, 0.29) is 16.7 Å². The van der Waals surface area contributed by atoms with Crippen molar-refractivity contribution >= 4 is 15.8 Å². The van der Waals surface area contributed by atoms with Crippen LogP contribution in [0.3, 0.4) is 0 Å². The van der Waals surface area contributed by atoms with Crippen LogP contribution in [0.1, 0.15) is 48.1 Å². The molecule has 2 aliphatic heterocycles. The molecule has 0 spiro atoms. The van der Waals surface area contributed by atoms with Crippen LogP contribution < -0.4 is 15.6 Å². The summed E-state index contributed by atoms with van der Waals surface area (Å²) in [5, 5.41) is 0. The number of ketones is 1. The van der Waals surface area contributed by atoms with Crippen molar-refractivity contribution in [3.8, 4) is 5.75 Å². The molecule has 0 saturated carbocycles. The van der Waals surface area contributed by atoms with Gasteiger partial charge in [0.25, 0.3) is 0 Å². The molecule has 2 aromatic carbocycles. The summed E-state index contributed by atoms with van der Waals surface area (Å²) in [4.78, 5) is 11.7. The number of Topliss-reactive ketones (excluding diaryl/α,β-unsaturated/α-hetero) is 1. The molecule has 0 aliphatic carbocycles. The van der Waals surface area contributed by atoms with Gasteiger partial charge in [-0.2, -0.15) is 4.31 Å². The Morgan fingerprint density at radius 3 is 2.42 bits per heavy atom. The van der Waals surface area contributed by atoms with Crippen molar-refractivity contribution in [3.05, 3.63) is 59.7 Å². The second-order valence-corrected chi connectivity index (χ2v) is 10.2. The average Bonchev–Trinajstić information content (AvgIpc) is 3.30. The van der Waals surface area contributed by atoms with E-state index < -0.39 is 10.0 Å². The molecule has 0 radical (unpaired) electrons. The number of nitrogens with zero attached hydrogens (tertiary/aromatic N) is 1. The first-order valence-corrected chi connectivity index (χ1v) is 12.1. The minimum Gasteiger partial charge on any atom is -0.497 e. The lowest BCUT2D eigenvalue weighted by molar-refractivity contribution is 0.101. The van der Waals surface area contributed by atoms with Gasteiger partial charge in [-0.3, -0.25) is 15.6 Å². The molecule has 0 bridgehead atoms. The number of methoxy groups -OCH3 is 1. The molecule has 4 rings (SSSR count). The first-order chi connectivity index (χ1) is 14.9. The van der Waals surface area contributed by atoms with Gasteiger partial charge in [-0.1, -0.05) is 24.3 Å². The summed E-state index contributed by atoms with van der Waals surface area (Å²) in [6.07, 6.45) is 2.58. The number of rotatable bonds is 6. The Balaban J connectivity index is 1.35. The van der Waals surface area contributed by atoms with Gasteiger partial charge >= 0.3 is 0 Å². The summed E-state index contributed by atoms with van der Waals surface area (Å²) >= 11 is 0. The Morgan fingerprint density at radius 2 is 1.77 bits per heavy atom. The summed E-state index contributed by atoms with van der Waals surface area (Å²) in [6, 6.07) is 14.8. The van der Waals surface area contributed by atoms with Crippen molar-refractivity contribution in [1.82, 2.24) is 15.2 Å². The molecule has 2 atom stereocenters. The van der Waals surface area contributed by atoms with E-state index in [1.807, 2.05) is 18.2 Å². The Morgan fingerprint density at radius 1 is 1.06 bits per heavy atom. The Bertz CT molecular complexity index is 1030. The predicted molar refractivity (Wildman–Crippen MR) is 118 cm³/mol. The van der Waals surface area contributed by atoms with E-state index in [0.717, 1.165) is 25.0 Å². The number of sulfonamides is 1. The number of nitrogens with one attached hydrogen (secondary N) is 2. The van der Waals surface area contributed by atoms with Gasteiger partial charge in [-0.05, 0) is 61.9 Å². The smallest absolute Gasteiger partial charge is 0.243 e. The first kappa shape index (κ1) is 22.0. The predicted octanol–water partition coefficient (Wildman–Crippen LogP) is 2.91. The van der Waals surface area contributed by atoms with E-state index in [1.54, 1.807) is 23.5 Å². The van der Waals surface area contributed by atoms with Crippen LogP contribution in [0, 0.1) is 5.92 Å². The van der Waals surface area contributed by atoms with Gasteiger partial charge in [0.05, 0.1) is 12.0 Å². The summed E-state index contributed by atoms with van der Waals surface area (Å²) in [7, 11) is -1.87. The molecule has 2 N–H and O–H groups in total. The van der Waals surface area contributed by atoms with Crippen LogP contribution in [-0.2, 0) is 10.0 Å². The molecule has 166 valence electrons. The third kappa shape index (κ3) is 4.67. The zero-order valence-electron chi connectivity index (χ0n) is 17.9. The third-order valence-corrected chi connectivity index (χ3v) is 8.31. The van der Waals surface area contributed by atoms with E-state index >= 15 is 0 Å². The maximum absolute atomic E-state index is 13.0. The summed E-state index contributed by atoms with van der Waals surface area (Å²) in [5.74, 6) is 1.18. The number of hydrogen-bond acceptors (Lipinski definition) is 6. The number of benzene rings is 2.